The molecule has 1 fully saturated rings. The molecule has 1 saturated carbocycles. The Labute approximate surface area is 132 Å². The van der Waals surface area contributed by atoms with Crippen LogP contribution in [0.5, 0.6) is 0 Å². The molecule has 0 aromatic heterocycles. The number of rotatable bonds is 4. The van der Waals surface area contributed by atoms with E-state index in [0.29, 0.717) is 0 Å². The van der Waals surface area contributed by atoms with Crippen LogP contribution in [-0.4, -0.2) is 34.9 Å². The average Bonchev–Trinajstić information content (AvgIpc) is 2.35. The van der Waals surface area contributed by atoms with Gasteiger partial charge < -0.3 is 20.9 Å². The van der Waals surface area contributed by atoms with Crippen LogP contribution in [0.1, 0.15) is 60.3 Å². The van der Waals surface area contributed by atoms with E-state index in [1.54, 1.807) is 0 Å². The van der Waals surface area contributed by atoms with Crippen molar-refractivity contribution in [3.63, 3.8) is 0 Å². The highest BCUT2D eigenvalue weighted by Crippen LogP contribution is 2.40. The molecule has 128 valence electrons. The zero-order valence-electron chi connectivity index (χ0n) is 14.3. The third kappa shape index (κ3) is 5.16. The van der Waals surface area contributed by atoms with Crippen molar-refractivity contribution in [2.75, 3.05) is 0 Å². The molecule has 0 aliphatic heterocycles. The Morgan fingerprint density at radius 1 is 1.14 bits per heavy atom. The van der Waals surface area contributed by atoms with Crippen molar-refractivity contribution in [1.29, 1.82) is 0 Å². The summed E-state index contributed by atoms with van der Waals surface area (Å²) >= 11 is 0. The fraction of sp³-hybridized carbons (Fsp3) is 0.875. The van der Waals surface area contributed by atoms with Crippen molar-refractivity contribution in [2.45, 2.75) is 78.0 Å². The van der Waals surface area contributed by atoms with E-state index >= 15 is 0 Å². The molecule has 4 N–H and O–H groups in total. The van der Waals surface area contributed by atoms with Gasteiger partial charge in [0, 0.05) is 6.04 Å². The van der Waals surface area contributed by atoms with Crippen LogP contribution in [0.4, 0.5) is 4.79 Å². The van der Waals surface area contributed by atoms with Crippen molar-refractivity contribution in [3.8, 4) is 0 Å². The highest BCUT2D eigenvalue weighted by atomic mass is 16.6. The zero-order chi connectivity index (χ0) is 17.1. The molecule has 0 aromatic carbocycles. The van der Waals surface area contributed by atoms with E-state index in [0.717, 1.165) is 25.7 Å². The monoisotopic (exact) mass is 314 g/mol. The van der Waals surface area contributed by atoms with Gasteiger partial charge in [0.1, 0.15) is 11.6 Å². The summed E-state index contributed by atoms with van der Waals surface area (Å²) in [5, 5.41) is 12.0. The number of alkyl carbamates (subject to hydrolysis) is 1. The molecule has 0 bridgehead atoms. The van der Waals surface area contributed by atoms with Gasteiger partial charge in [-0.25, -0.2) is 4.79 Å². The number of amides is 1. The second-order valence-corrected chi connectivity index (χ2v) is 7.83. The summed E-state index contributed by atoms with van der Waals surface area (Å²) in [6, 6.07) is -0.782. The molecule has 0 radical (unpaired) electrons. The molecule has 1 amide bonds. The Bertz CT molecular complexity index is 407. The van der Waals surface area contributed by atoms with Crippen molar-refractivity contribution < 1.29 is 19.4 Å². The van der Waals surface area contributed by atoms with E-state index in [9.17, 15) is 9.59 Å². The lowest BCUT2D eigenvalue weighted by Crippen LogP contribution is -2.50. The molecule has 0 saturated heterocycles. The van der Waals surface area contributed by atoms with Crippen LogP contribution >= 0.6 is 0 Å². The lowest BCUT2D eigenvalue weighted by molar-refractivity contribution is -0.142. The highest BCUT2D eigenvalue weighted by Gasteiger charge is 2.41. The van der Waals surface area contributed by atoms with E-state index < -0.39 is 29.1 Å². The van der Waals surface area contributed by atoms with Crippen LogP contribution in [0.15, 0.2) is 0 Å². The number of carbonyl (C=O) groups excluding carboxylic acids is 1. The molecule has 1 aliphatic carbocycles. The Kier molecular flexibility index (Phi) is 5.84. The minimum absolute atomic E-state index is 0.0861. The summed E-state index contributed by atoms with van der Waals surface area (Å²) in [6.45, 7) is 9.33. The lowest BCUT2D eigenvalue weighted by atomic mass is 9.66. The van der Waals surface area contributed by atoms with Crippen LogP contribution in [0.3, 0.4) is 0 Å². The van der Waals surface area contributed by atoms with Crippen molar-refractivity contribution in [2.24, 2.45) is 17.1 Å². The van der Waals surface area contributed by atoms with Gasteiger partial charge in [-0.05, 0) is 57.8 Å². The summed E-state index contributed by atoms with van der Waals surface area (Å²) in [7, 11) is 0. The topological polar surface area (TPSA) is 102 Å². The normalized spacial score (nSPS) is 24.5. The summed E-state index contributed by atoms with van der Waals surface area (Å²) in [5.41, 5.74) is 4.86. The number of aliphatic carboxylic acids is 1. The third-order valence-electron chi connectivity index (χ3n) is 4.57. The Balaban J connectivity index is 2.50. The summed E-state index contributed by atoms with van der Waals surface area (Å²) in [6.07, 6.45) is 2.96. The molecule has 0 aromatic rings. The van der Waals surface area contributed by atoms with Gasteiger partial charge in [0.05, 0.1) is 0 Å². The first-order valence-electron chi connectivity index (χ1n) is 7.91. The first-order chi connectivity index (χ1) is 9.93. The molecule has 1 aliphatic rings. The first-order valence-corrected chi connectivity index (χ1v) is 7.91. The molecule has 0 spiro atoms. The highest BCUT2D eigenvalue weighted by molar-refractivity contribution is 5.74. The quantitative estimate of drug-likeness (QED) is 0.740. The molecule has 6 heteroatoms. The van der Waals surface area contributed by atoms with Crippen molar-refractivity contribution in [3.05, 3.63) is 0 Å². The summed E-state index contributed by atoms with van der Waals surface area (Å²) in [4.78, 5) is 22.9. The third-order valence-corrected chi connectivity index (χ3v) is 4.57. The number of carboxylic acids is 1. The summed E-state index contributed by atoms with van der Waals surface area (Å²) in [5.74, 6) is -0.714. The number of hydrogen-bond donors (Lipinski definition) is 3. The first kappa shape index (κ1) is 18.7. The van der Waals surface area contributed by atoms with Gasteiger partial charge in [-0.1, -0.05) is 13.8 Å². The van der Waals surface area contributed by atoms with Crippen LogP contribution < -0.4 is 11.1 Å². The van der Waals surface area contributed by atoms with Gasteiger partial charge in [-0.2, -0.15) is 0 Å². The maximum absolute atomic E-state index is 11.8. The van der Waals surface area contributed by atoms with Crippen molar-refractivity contribution in [1.82, 2.24) is 5.32 Å². The molecular formula is C16H30N2O4. The van der Waals surface area contributed by atoms with Crippen LogP contribution in [0, 0.1) is 11.3 Å². The molecule has 1 atom stereocenters. The van der Waals surface area contributed by atoms with E-state index in [1.807, 2.05) is 34.6 Å². The maximum atomic E-state index is 11.8. The number of hydrogen-bond acceptors (Lipinski definition) is 4. The van der Waals surface area contributed by atoms with Gasteiger partial charge in [0.15, 0.2) is 0 Å². The average molecular weight is 314 g/mol. The number of nitrogens with two attached hydrogens (primary N) is 1. The van der Waals surface area contributed by atoms with Crippen LogP contribution in [0.2, 0.25) is 0 Å². The van der Waals surface area contributed by atoms with Crippen LogP contribution in [-0.2, 0) is 9.53 Å². The van der Waals surface area contributed by atoms with Crippen molar-refractivity contribution >= 4 is 12.1 Å². The standard InChI is InChI=1S/C16H30N2O4/c1-15(2,3)22-14(21)18-11-8-6-10(7-9-11)16(4,5)12(17)13(19)20/h10-12H,6-9,17H2,1-5H3,(H,18,21)(H,19,20). The Hall–Kier alpha value is -1.30. The Morgan fingerprint density at radius 3 is 2.05 bits per heavy atom. The minimum atomic E-state index is -0.959. The van der Waals surface area contributed by atoms with Gasteiger partial charge >= 0.3 is 12.1 Å². The van der Waals surface area contributed by atoms with Gasteiger partial charge in [-0.3, -0.25) is 4.79 Å². The molecular weight excluding hydrogens is 284 g/mol. The molecule has 22 heavy (non-hydrogen) atoms. The van der Waals surface area contributed by atoms with E-state index in [1.165, 1.54) is 0 Å². The van der Waals surface area contributed by atoms with Gasteiger partial charge in [0.25, 0.3) is 0 Å². The smallest absolute Gasteiger partial charge is 0.407 e. The van der Waals surface area contributed by atoms with Gasteiger partial charge in [0.2, 0.25) is 0 Å². The fourth-order valence-electron chi connectivity index (χ4n) is 3.03. The maximum Gasteiger partial charge on any atom is 0.407 e. The minimum Gasteiger partial charge on any atom is -0.480 e. The van der Waals surface area contributed by atoms with Gasteiger partial charge in [-0.15, -0.1) is 0 Å². The second-order valence-electron chi connectivity index (χ2n) is 7.83. The molecule has 6 nitrogen and oxygen atoms in total. The Morgan fingerprint density at radius 2 is 1.64 bits per heavy atom. The fourth-order valence-corrected chi connectivity index (χ4v) is 3.03. The number of carboxylic acid groups (broad SMARTS) is 1. The molecule has 1 rings (SSSR count). The second kappa shape index (κ2) is 6.86. The molecule has 0 heterocycles. The van der Waals surface area contributed by atoms with E-state index in [-0.39, 0.29) is 12.0 Å². The number of carbonyl (C=O) groups is 2. The SMILES string of the molecule is CC(C)(C)OC(=O)NC1CCC(C(C)(C)C(N)C(=O)O)CC1. The number of nitrogens with one attached hydrogen (secondary N) is 1. The summed E-state index contributed by atoms with van der Waals surface area (Å²) < 4.78 is 5.26. The molecule has 1 unspecified atom stereocenters. The predicted molar refractivity (Wildman–Crippen MR) is 84.5 cm³/mol. The largest absolute Gasteiger partial charge is 0.480 e. The predicted octanol–water partition coefficient (Wildman–Crippen LogP) is 2.51. The van der Waals surface area contributed by atoms with E-state index in [2.05, 4.69) is 5.32 Å². The lowest BCUT2D eigenvalue weighted by Gasteiger charge is -2.41. The number of ether oxygens (including phenoxy) is 1. The van der Waals surface area contributed by atoms with Crippen LogP contribution in [0.25, 0.3) is 0 Å². The zero-order valence-corrected chi connectivity index (χ0v) is 14.3. The van der Waals surface area contributed by atoms with E-state index in [4.69, 9.17) is 15.6 Å².